The van der Waals surface area contributed by atoms with Crippen molar-refractivity contribution in [2.24, 2.45) is 5.16 Å². The predicted molar refractivity (Wildman–Crippen MR) is 76.1 cm³/mol. The molecule has 5 nitrogen and oxygen atoms in total. The molecule has 5 heteroatoms. The van der Waals surface area contributed by atoms with Crippen LogP contribution >= 0.6 is 0 Å². The number of nitrogens with zero attached hydrogens (tertiary/aromatic N) is 3. The zero-order valence-corrected chi connectivity index (χ0v) is 11.7. The molecule has 1 aromatic heterocycles. The van der Waals surface area contributed by atoms with Gasteiger partial charge in [-0.3, -0.25) is 4.68 Å². The Hall–Kier alpha value is -1.62. The second-order valence-electron chi connectivity index (χ2n) is 4.82. The molecule has 2 rings (SSSR count). The topological polar surface area (TPSA) is 51.4 Å². The minimum atomic E-state index is 0.179. The molecule has 2 heterocycles. The van der Waals surface area contributed by atoms with Crippen molar-refractivity contribution < 1.29 is 4.84 Å². The highest BCUT2D eigenvalue weighted by molar-refractivity contribution is 5.85. The maximum atomic E-state index is 5.36. The van der Waals surface area contributed by atoms with Gasteiger partial charge in [0.25, 0.3) is 0 Å². The van der Waals surface area contributed by atoms with Gasteiger partial charge in [0.2, 0.25) is 0 Å². The summed E-state index contributed by atoms with van der Waals surface area (Å²) in [7, 11) is 0. The number of aromatic nitrogens is 2. The van der Waals surface area contributed by atoms with E-state index in [4.69, 9.17) is 4.84 Å². The van der Waals surface area contributed by atoms with E-state index in [1.807, 2.05) is 17.7 Å². The van der Waals surface area contributed by atoms with Crippen molar-refractivity contribution in [3.8, 4) is 0 Å². The van der Waals surface area contributed by atoms with Crippen molar-refractivity contribution in [2.45, 2.75) is 45.9 Å². The fourth-order valence-corrected chi connectivity index (χ4v) is 2.13. The molecule has 0 saturated carbocycles. The van der Waals surface area contributed by atoms with Gasteiger partial charge in [0.1, 0.15) is 6.10 Å². The van der Waals surface area contributed by atoms with E-state index in [-0.39, 0.29) is 6.10 Å². The third kappa shape index (κ3) is 3.67. The van der Waals surface area contributed by atoms with Crippen LogP contribution in [0.4, 0.5) is 0 Å². The molecule has 0 aliphatic carbocycles. The average Bonchev–Trinajstić information content (AvgIpc) is 2.98. The Morgan fingerprint density at radius 2 is 2.47 bits per heavy atom. The summed E-state index contributed by atoms with van der Waals surface area (Å²) in [6.07, 6.45) is 6.01. The van der Waals surface area contributed by atoms with Crippen LogP contribution in [-0.2, 0) is 17.9 Å². The largest absolute Gasteiger partial charge is 0.391 e. The summed E-state index contributed by atoms with van der Waals surface area (Å²) in [5, 5.41) is 11.9. The van der Waals surface area contributed by atoms with Gasteiger partial charge in [0, 0.05) is 31.3 Å². The van der Waals surface area contributed by atoms with Crippen molar-refractivity contribution >= 4 is 5.71 Å². The van der Waals surface area contributed by atoms with Gasteiger partial charge in [0.05, 0.1) is 18.0 Å². The van der Waals surface area contributed by atoms with Crippen molar-refractivity contribution in [1.29, 1.82) is 0 Å². The SMILES string of the molecule is C=CCn1cc(CNCC2CC(CC)=NO2)c(C)n1. The van der Waals surface area contributed by atoms with Crippen LogP contribution in [0, 0.1) is 6.92 Å². The first kappa shape index (κ1) is 13.8. The average molecular weight is 262 g/mol. The number of allylic oxidation sites excluding steroid dienone is 1. The molecule has 0 saturated heterocycles. The molecule has 1 aliphatic rings. The Balaban J connectivity index is 1.75. The first-order valence-electron chi connectivity index (χ1n) is 6.79. The van der Waals surface area contributed by atoms with Crippen LogP contribution in [0.15, 0.2) is 24.0 Å². The fourth-order valence-electron chi connectivity index (χ4n) is 2.13. The third-order valence-electron chi connectivity index (χ3n) is 3.25. The van der Waals surface area contributed by atoms with Crippen LogP contribution < -0.4 is 5.32 Å². The number of hydrogen-bond acceptors (Lipinski definition) is 4. The Labute approximate surface area is 114 Å². The Kier molecular flexibility index (Phi) is 4.74. The van der Waals surface area contributed by atoms with Crippen molar-refractivity contribution in [1.82, 2.24) is 15.1 Å². The van der Waals surface area contributed by atoms with Gasteiger partial charge in [-0.05, 0) is 13.3 Å². The molecule has 104 valence electrons. The minimum Gasteiger partial charge on any atom is -0.391 e. The minimum absolute atomic E-state index is 0.179. The molecule has 1 N–H and O–H groups in total. The standard InChI is InChI=1S/C14H22N4O/c1-4-6-18-10-12(11(3)16-18)8-15-9-14-7-13(5-2)17-19-14/h4,10,14-15H,1,5-9H2,2-3H3. The van der Waals surface area contributed by atoms with E-state index in [1.54, 1.807) is 0 Å². The Morgan fingerprint density at radius 3 is 3.16 bits per heavy atom. The summed E-state index contributed by atoms with van der Waals surface area (Å²) in [5.74, 6) is 0. The number of oxime groups is 1. The molecular weight excluding hydrogens is 240 g/mol. The molecule has 1 aromatic rings. The van der Waals surface area contributed by atoms with E-state index in [1.165, 1.54) is 5.56 Å². The van der Waals surface area contributed by atoms with Crippen molar-refractivity contribution in [2.75, 3.05) is 6.54 Å². The molecule has 0 amide bonds. The number of rotatable bonds is 7. The van der Waals surface area contributed by atoms with Crippen LogP contribution in [0.1, 0.15) is 31.0 Å². The van der Waals surface area contributed by atoms with Gasteiger partial charge in [-0.1, -0.05) is 18.2 Å². The molecule has 0 fully saturated rings. The van der Waals surface area contributed by atoms with E-state index >= 15 is 0 Å². The molecule has 19 heavy (non-hydrogen) atoms. The van der Waals surface area contributed by atoms with Gasteiger partial charge < -0.3 is 10.2 Å². The summed E-state index contributed by atoms with van der Waals surface area (Å²) in [6, 6.07) is 0. The third-order valence-corrected chi connectivity index (χ3v) is 3.25. The van der Waals surface area contributed by atoms with E-state index in [2.05, 4.69) is 35.3 Å². The lowest BCUT2D eigenvalue weighted by Gasteiger charge is -2.09. The van der Waals surface area contributed by atoms with E-state index < -0.39 is 0 Å². The smallest absolute Gasteiger partial charge is 0.145 e. The van der Waals surface area contributed by atoms with E-state index in [0.29, 0.717) is 0 Å². The Morgan fingerprint density at radius 1 is 1.63 bits per heavy atom. The summed E-state index contributed by atoms with van der Waals surface area (Å²) >= 11 is 0. The molecule has 0 radical (unpaired) electrons. The summed E-state index contributed by atoms with van der Waals surface area (Å²) in [4.78, 5) is 5.36. The Bertz CT molecular complexity index is 464. The zero-order valence-electron chi connectivity index (χ0n) is 11.7. The van der Waals surface area contributed by atoms with Crippen molar-refractivity contribution in [3.63, 3.8) is 0 Å². The summed E-state index contributed by atoms with van der Waals surface area (Å²) in [6.45, 7) is 10.2. The fraction of sp³-hybridized carbons (Fsp3) is 0.571. The number of aryl methyl sites for hydroxylation is 1. The van der Waals surface area contributed by atoms with Crippen LogP contribution in [0.5, 0.6) is 0 Å². The number of hydrogen-bond donors (Lipinski definition) is 1. The highest BCUT2D eigenvalue weighted by atomic mass is 16.6. The van der Waals surface area contributed by atoms with Gasteiger partial charge in [0.15, 0.2) is 0 Å². The molecule has 1 aliphatic heterocycles. The first-order chi connectivity index (χ1) is 9.22. The van der Waals surface area contributed by atoms with Crippen LogP contribution in [-0.4, -0.2) is 28.1 Å². The highest BCUT2D eigenvalue weighted by Gasteiger charge is 2.19. The van der Waals surface area contributed by atoms with E-state index in [0.717, 1.165) is 43.9 Å². The summed E-state index contributed by atoms with van der Waals surface area (Å²) < 4.78 is 1.91. The summed E-state index contributed by atoms with van der Waals surface area (Å²) in [5.41, 5.74) is 3.44. The zero-order chi connectivity index (χ0) is 13.7. The van der Waals surface area contributed by atoms with Gasteiger partial charge in [-0.15, -0.1) is 6.58 Å². The maximum Gasteiger partial charge on any atom is 0.145 e. The quantitative estimate of drug-likeness (QED) is 0.765. The molecule has 0 spiro atoms. The normalized spacial score (nSPS) is 18.2. The number of nitrogens with one attached hydrogen (secondary N) is 1. The molecule has 0 aromatic carbocycles. The maximum absolute atomic E-state index is 5.36. The monoisotopic (exact) mass is 262 g/mol. The van der Waals surface area contributed by atoms with Gasteiger partial charge >= 0.3 is 0 Å². The molecule has 1 atom stereocenters. The van der Waals surface area contributed by atoms with E-state index in [9.17, 15) is 0 Å². The molecule has 1 unspecified atom stereocenters. The predicted octanol–water partition coefficient (Wildman–Crippen LogP) is 2.02. The molecular formula is C14H22N4O. The van der Waals surface area contributed by atoms with Crippen molar-refractivity contribution in [3.05, 3.63) is 30.1 Å². The lowest BCUT2D eigenvalue weighted by Crippen LogP contribution is -2.26. The second-order valence-corrected chi connectivity index (χ2v) is 4.82. The first-order valence-corrected chi connectivity index (χ1v) is 6.79. The van der Waals surface area contributed by atoms with Crippen LogP contribution in [0.2, 0.25) is 0 Å². The lowest BCUT2D eigenvalue weighted by molar-refractivity contribution is 0.0848. The van der Waals surface area contributed by atoms with Crippen LogP contribution in [0.25, 0.3) is 0 Å². The molecule has 0 bridgehead atoms. The highest BCUT2D eigenvalue weighted by Crippen LogP contribution is 2.12. The lowest BCUT2D eigenvalue weighted by atomic mass is 10.1. The van der Waals surface area contributed by atoms with Gasteiger partial charge in [-0.2, -0.15) is 5.10 Å². The van der Waals surface area contributed by atoms with Gasteiger partial charge in [-0.25, -0.2) is 0 Å². The van der Waals surface area contributed by atoms with Crippen LogP contribution in [0.3, 0.4) is 0 Å². The second kappa shape index (κ2) is 6.52.